The van der Waals surface area contributed by atoms with Crippen LogP contribution in [-0.2, 0) is 19.6 Å². The molecule has 3 nitrogen and oxygen atoms in total. The second kappa shape index (κ2) is 5.31. The fourth-order valence-corrected chi connectivity index (χ4v) is 2.94. The molecule has 0 atom stereocenters. The second-order valence-corrected chi connectivity index (χ2v) is 5.71. The Morgan fingerprint density at radius 1 is 1.26 bits per heavy atom. The van der Waals surface area contributed by atoms with Crippen LogP contribution in [0.2, 0.25) is 0 Å². The van der Waals surface area contributed by atoms with Crippen molar-refractivity contribution < 1.29 is 0 Å². The summed E-state index contributed by atoms with van der Waals surface area (Å²) in [6.07, 6.45) is 1.87. The molecule has 4 heteroatoms. The van der Waals surface area contributed by atoms with Gasteiger partial charge in [0.25, 0.3) is 0 Å². The van der Waals surface area contributed by atoms with Crippen LogP contribution in [0.25, 0.3) is 0 Å². The fraction of sp³-hybridized carbons (Fsp3) is 0.267. The van der Waals surface area contributed by atoms with Crippen molar-refractivity contribution in [3.05, 3.63) is 57.7 Å². The molecule has 2 heterocycles. The number of aromatic nitrogens is 1. The monoisotopic (exact) mass is 317 g/mol. The molecule has 0 bridgehead atoms. The number of hydrogen-bond acceptors (Lipinski definition) is 3. The smallest absolute Gasteiger partial charge is 0.133 e. The summed E-state index contributed by atoms with van der Waals surface area (Å²) in [6, 6.07) is 10.7. The van der Waals surface area contributed by atoms with Crippen LogP contribution in [0.15, 0.2) is 41.0 Å². The fourth-order valence-electron chi connectivity index (χ4n) is 2.56. The molecule has 0 aliphatic carbocycles. The Labute approximate surface area is 121 Å². The number of anilines is 1. The van der Waals surface area contributed by atoms with E-state index in [0.717, 1.165) is 29.9 Å². The molecule has 98 valence electrons. The van der Waals surface area contributed by atoms with E-state index in [1.165, 1.54) is 16.7 Å². The molecule has 1 aromatic carbocycles. The van der Waals surface area contributed by atoms with Crippen molar-refractivity contribution in [2.45, 2.75) is 19.6 Å². The number of rotatable bonds is 3. The standard InChI is InChI=1S/C15H16BrN3/c1-17-7-13-6-14(16)8-18-15(13)19-9-11-4-2-3-5-12(11)10-19/h2-6,8,17H,7,9-10H2,1H3. The van der Waals surface area contributed by atoms with Crippen LogP contribution in [0.4, 0.5) is 5.82 Å². The highest BCUT2D eigenvalue weighted by Gasteiger charge is 2.21. The number of halogens is 1. The maximum Gasteiger partial charge on any atom is 0.133 e. The van der Waals surface area contributed by atoms with Gasteiger partial charge in [-0.25, -0.2) is 4.98 Å². The predicted molar refractivity (Wildman–Crippen MR) is 81.0 cm³/mol. The van der Waals surface area contributed by atoms with Crippen molar-refractivity contribution in [3.8, 4) is 0 Å². The van der Waals surface area contributed by atoms with Gasteiger partial charge in [-0.15, -0.1) is 0 Å². The minimum atomic E-state index is 0.828. The predicted octanol–water partition coefficient (Wildman–Crippen LogP) is 3.08. The van der Waals surface area contributed by atoms with E-state index in [-0.39, 0.29) is 0 Å². The Bertz CT molecular complexity index is 573. The Morgan fingerprint density at radius 3 is 2.58 bits per heavy atom. The van der Waals surface area contributed by atoms with Crippen molar-refractivity contribution in [3.63, 3.8) is 0 Å². The van der Waals surface area contributed by atoms with Gasteiger partial charge in [-0.05, 0) is 40.2 Å². The normalized spacial score (nSPS) is 13.7. The number of nitrogens with zero attached hydrogens (tertiary/aromatic N) is 2. The molecule has 1 N–H and O–H groups in total. The number of nitrogens with one attached hydrogen (secondary N) is 1. The van der Waals surface area contributed by atoms with Gasteiger partial charge in [0, 0.05) is 35.9 Å². The van der Waals surface area contributed by atoms with E-state index < -0.39 is 0 Å². The average molecular weight is 318 g/mol. The molecule has 0 fully saturated rings. The van der Waals surface area contributed by atoms with Gasteiger partial charge >= 0.3 is 0 Å². The van der Waals surface area contributed by atoms with Gasteiger partial charge in [-0.2, -0.15) is 0 Å². The van der Waals surface area contributed by atoms with Gasteiger partial charge in [-0.3, -0.25) is 0 Å². The van der Waals surface area contributed by atoms with Crippen LogP contribution >= 0.6 is 15.9 Å². The van der Waals surface area contributed by atoms with E-state index in [2.05, 4.69) is 61.5 Å². The third-order valence-corrected chi connectivity index (χ3v) is 3.85. The van der Waals surface area contributed by atoms with Crippen LogP contribution < -0.4 is 10.2 Å². The topological polar surface area (TPSA) is 28.2 Å². The van der Waals surface area contributed by atoms with Crippen molar-refractivity contribution in [2.75, 3.05) is 11.9 Å². The maximum absolute atomic E-state index is 4.60. The Hall–Kier alpha value is -1.39. The zero-order valence-corrected chi connectivity index (χ0v) is 12.4. The largest absolute Gasteiger partial charge is 0.348 e. The van der Waals surface area contributed by atoms with E-state index in [9.17, 15) is 0 Å². The van der Waals surface area contributed by atoms with Gasteiger partial charge in [0.05, 0.1) is 0 Å². The minimum Gasteiger partial charge on any atom is -0.348 e. The third-order valence-electron chi connectivity index (χ3n) is 3.42. The summed E-state index contributed by atoms with van der Waals surface area (Å²) in [5, 5.41) is 3.21. The molecule has 3 rings (SSSR count). The van der Waals surface area contributed by atoms with E-state index >= 15 is 0 Å². The number of benzene rings is 1. The van der Waals surface area contributed by atoms with E-state index in [1.807, 2.05) is 13.2 Å². The summed E-state index contributed by atoms with van der Waals surface area (Å²) >= 11 is 3.49. The quantitative estimate of drug-likeness (QED) is 0.943. The highest BCUT2D eigenvalue weighted by Crippen LogP contribution is 2.30. The lowest BCUT2D eigenvalue weighted by atomic mass is 10.1. The molecule has 0 saturated carbocycles. The lowest BCUT2D eigenvalue weighted by Gasteiger charge is -2.20. The first-order valence-electron chi connectivity index (χ1n) is 6.38. The van der Waals surface area contributed by atoms with Crippen LogP contribution in [0.1, 0.15) is 16.7 Å². The van der Waals surface area contributed by atoms with E-state index in [4.69, 9.17) is 0 Å². The molecule has 0 amide bonds. The molecular formula is C15H16BrN3. The van der Waals surface area contributed by atoms with Crippen molar-refractivity contribution in [1.29, 1.82) is 0 Å². The number of fused-ring (bicyclic) bond motifs is 1. The van der Waals surface area contributed by atoms with E-state index in [1.54, 1.807) is 0 Å². The molecule has 0 saturated heterocycles. The molecule has 1 aliphatic heterocycles. The Kier molecular flexibility index (Phi) is 3.53. The number of pyridine rings is 1. The molecule has 19 heavy (non-hydrogen) atoms. The molecule has 0 unspecified atom stereocenters. The molecule has 1 aromatic heterocycles. The summed E-state index contributed by atoms with van der Waals surface area (Å²) in [7, 11) is 1.96. The number of hydrogen-bond donors (Lipinski definition) is 1. The van der Waals surface area contributed by atoms with Gasteiger partial charge < -0.3 is 10.2 Å². The highest BCUT2D eigenvalue weighted by molar-refractivity contribution is 9.10. The van der Waals surface area contributed by atoms with Gasteiger partial charge in [0.15, 0.2) is 0 Å². The summed E-state index contributed by atoms with van der Waals surface area (Å²) in [6.45, 7) is 2.72. The zero-order chi connectivity index (χ0) is 13.2. The van der Waals surface area contributed by atoms with Gasteiger partial charge in [0.1, 0.15) is 5.82 Å². The van der Waals surface area contributed by atoms with Gasteiger partial charge in [-0.1, -0.05) is 24.3 Å². The van der Waals surface area contributed by atoms with Crippen molar-refractivity contribution in [2.24, 2.45) is 0 Å². The summed E-state index contributed by atoms with van der Waals surface area (Å²) < 4.78 is 1.03. The molecular weight excluding hydrogens is 302 g/mol. The summed E-state index contributed by atoms with van der Waals surface area (Å²) in [4.78, 5) is 6.94. The van der Waals surface area contributed by atoms with Crippen molar-refractivity contribution in [1.82, 2.24) is 10.3 Å². The molecule has 0 radical (unpaired) electrons. The lowest BCUT2D eigenvalue weighted by molar-refractivity contribution is 0.783. The van der Waals surface area contributed by atoms with Crippen LogP contribution in [0.5, 0.6) is 0 Å². The maximum atomic E-state index is 4.60. The van der Waals surface area contributed by atoms with Crippen LogP contribution in [0.3, 0.4) is 0 Å². The summed E-state index contributed by atoms with van der Waals surface area (Å²) in [5.74, 6) is 1.08. The van der Waals surface area contributed by atoms with E-state index in [0.29, 0.717) is 0 Å². The average Bonchev–Trinajstić information content (AvgIpc) is 2.82. The Balaban J connectivity index is 1.92. The second-order valence-electron chi connectivity index (χ2n) is 4.79. The first-order valence-corrected chi connectivity index (χ1v) is 7.18. The van der Waals surface area contributed by atoms with Crippen LogP contribution in [-0.4, -0.2) is 12.0 Å². The minimum absolute atomic E-state index is 0.828. The lowest BCUT2D eigenvalue weighted by Crippen LogP contribution is -2.19. The zero-order valence-electron chi connectivity index (χ0n) is 10.9. The molecule has 0 spiro atoms. The third kappa shape index (κ3) is 2.51. The molecule has 2 aromatic rings. The first-order chi connectivity index (χ1) is 9.28. The first kappa shape index (κ1) is 12.6. The molecule has 1 aliphatic rings. The van der Waals surface area contributed by atoms with Gasteiger partial charge in [0.2, 0.25) is 0 Å². The highest BCUT2D eigenvalue weighted by atomic mass is 79.9. The van der Waals surface area contributed by atoms with Crippen LogP contribution in [0, 0.1) is 0 Å². The van der Waals surface area contributed by atoms with Crippen molar-refractivity contribution >= 4 is 21.7 Å². The Morgan fingerprint density at radius 2 is 1.95 bits per heavy atom. The SMILES string of the molecule is CNCc1cc(Br)cnc1N1Cc2ccccc2C1. The summed E-state index contributed by atoms with van der Waals surface area (Å²) in [5.41, 5.74) is 4.04.